The van der Waals surface area contributed by atoms with Gasteiger partial charge in [0.1, 0.15) is 5.92 Å². The summed E-state index contributed by atoms with van der Waals surface area (Å²) >= 11 is 0. The molecule has 1 amide bonds. The van der Waals surface area contributed by atoms with Crippen LogP contribution in [0, 0.1) is 5.92 Å². The lowest BCUT2D eigenvalue weighted by Gasteiger charge is -2.16. The number of aliphatic hydroxyl groups excluding tert-OH is 1. The van der Waals surface area contributed by atoms with E-state index in [9.17, 15) is 9.59 Å². The zero-order valence-corrected chi connectivity index (χ0v) is 8.65. The summed E-state index contributed by atoms with van der Waals surface area (Å²) in [6, 6.07) is -0.218. The minimum Gasteiger partial charge on any atom is -0.481 e. The second kappa shape index (κ2) is 5.59. The highest BCUT2D eigenvalue weighted by molar-refractivity contribution is 5.96. The van der Waals surface area contributed by atoms with Crippen molar-refractivity contribution in [3.05, 3.63) is 0 Å². The Kier molecular flexibility index (Phi) is 5.15. The predicted molar refractivity (Wildman–Crippen MR) is 50.7 cm³/mol. The molecular formula is C9H17NO4. The summed E-state index contributed by atoms with van der Waals surface area (Å²) in [5, 5.41) is 20.1. The molecule has 0 bridgehead atoms. The molecule has 0 aromatic rings. The second-order valence-corrected chi connectivity index (χ2v) is 3.55. The maximum absolute atomic E-state index is 11.2. The average Bonchev–Trinajstić information content (AvgIpc) is 2.00. The summed E-state index contributed by atoms with van der Waals surface area (Å²) in [5.74, 6) is -2.72. The molecule has 5 heteroatoms. The molecule has 0 aliphatic rings. The zero-order chi connectivity index (χ0) is 11.3. The largest absolute Gasteiger partial charge is 0.481 e. The Hall–Kier alpha value is -1.10. The molecule has 0 spiro atoms. The van der Waals surface area contributed by atoms with E-state index in [0.717, 1.165) is 0 Å². The summed E-state index contributed by atoms with van der Waals surface area (Å²) in [6.45, 7) is 4.66. The zero-order valence-electron chi connectivity index (χ0n) is 8.65. The van der Waals surface area contributed by atoms with Gasteiger partial charge < -0.3 is 15.5 Å². The summed E-state index contributed by atoms with van der Waals surface area (Å²) < 4.78 is 0. The molecule has 82 valence electrons. The highest BCUT2D eigenvalue weighted by atomic mass is 16.4. The van der Waals surface area contributed by atoms with Crippen LogP contribution >= 0.6 is 0 Å². The van der Waals surface area contributed by atoms with Crippen molar-refractivity contribution < 1.29 is 19.8 Å². The number of hydrogen-bond acceptors (Lipinski definition) is 3. The van der Waals surface area contributed by atoms with Gasteiger partial charge in [0.15, 0.2) is 0 Å². The first-order valence-corrected chi connectivity index (χ1v) is 4.55. The Morgan fingerprint density at radius 3 is 2.14 bits per heavy atom. The van der Waals surface area contributed by atoms with Gasteiger partial charge in [-0.2, -0.15) is 0 Å². The third-order valence-electron chi connectivity index (χ3n) is 1.85. The number of carbonyl (C=O) groups is 2. The van der Waals surface area contributed by atoms with E-state index in [1.807, 2.05) is 0 Å². The van der Waals surface area contributed by atoms with Gasteiger partial charge >= 0.3 is 5.97 Å². The van der Waals surface area contributed by atoms with Gasteiger partial charge in [-0.3, -0.25) is 9.59 Å². The molecule has 5 nitrogen and oxygen atoms in total. The third kappa shape index (κ3) is 4.81. The van der Waals surface area contributed by atoms with Crippen molar-refractivity contribution in [2.24, 2.45) is 5.92 Å². The lowest BCUT2D eigenvalue weighted by atomic mass is 10.1. The average molecular weight is 203 g/mol. The normalized spacial score (nSPS) is 16.9. The van der Waals surface area contributed by atoms with E-state index in [1.165, 1.54) is 6.92 Å². The highest BCUT2D eigenvalue weighted by Crippen LogP contribution is 2.00. The lowest BCUT2D eigenvalue weighted by molar-refractivity contribution is -0.146. The molecule has 3 atom stereocenters. The molecule has 0 aromatic heterocycles. The Labute approximate surface area is 83.1 Å². The van der Waals surface area contributed by atoms with Crippen LogP contribution in [0.4, 0.5) is 0 Å². The molecule has 0 aliphatic heterocycles. The minimum absolute atomic E-state index is 0.218. The van der Waals surface area contributed by atoms with E-state index >= 15 is 0 Å². The van der Waals surface area contributed by atoms with Gasteiger partial charge in [0.2, 0.25) is 5.91 Å². The predicted octanol–water partition coefficient (Wildman–Crippen LogP) is -0.0173. The van der Waals surface area contributed by atoms with Gasteiger partial charge in [-0.25, -0.2) is 0 Å². The van der Waals surface area contributed by atoms with Crippen LogP contribution in [0.5, 0.6) is 0 Å². The van der Waals surface area contributed by atoms with E-state index < -0.39 is 23.9 Å². The third-order valence-corrected chi connectivity index (χ3v) is 1.85. The smallest absolute Gasteiger partial charge is 0.315 e. The first-order chi connectivity index (χ1) is 6.34. The van der Waals surface area contributed by atoms with Crippen LogP contribution in [-0.4, -0.2) is 34.2 Å². The van der Waals surface area contributed by atoms with Crippen LogP contribution in [0.15, 0.2) is 0 Å². The standard InChI is InChI=1S/C9H17NO4/c1-5(4-6(2)11)10-8(12)7(3)9(13)14/h5-7,11H,4H2,1-3H3,(H,10,12)(H,13,14). The fraction of sp³-hybridized carbons (Fsp3) is 0.778. The van der Waals surface area contributed by atoms with Crippen molar-refractivity contribution in [2.75, 3.05) is 0 Å². The van der Waals surface area contributed by atoms with Crippen LogP contribution in [0.25, 0.3) is 0 Å². The Balaban J connectivity index is 3.99. The van der Waals surface area contributed by atoms with Gasteiger partial charge in [0.25, 0.3) is 0 Å². The monoisotopic (exact) mass is 203 g/mol. The summed E-state index contributed by atoms with van der Waals surface area (Å²) in [4.78, 5) is 21.6. The Morgan fingerprint density at radius 2 is 1.79 bits per heavy atom. The molecule has 3 N–H and O–H groups in total. The molecule has 0 heterocycles. The molecule has 14 heavy (non-hydrogen) atoms. The summed E-state index contributed by atoms with van der Waals surface area (Å²) in [6.07, 6.45) is -0.0941. The number of carboxylic acid groups (broad SMARTS) is 1. The molecule has 0 aliphatic carbocycles. The molecular weight excluding hydrogens is 186 g/mol. The van der Waals surface area contributed by atoms with Gasteiger partial charge in [0, 0.05) is 6.04 Å². The fourth-order valence-electron chi connectivity index (χ4n) is 1.05. The number of amides is 1. The van der Waals surface area contributed by atoms with Crippen LogP contribution in [0.3, 0.4) is 0 Å². The second-order valence-electron chi connectivity index (χ2n) is 3.55. The Bertz CT molecular complexity index is 215. The van der Waals surface area contributed by atoms with Crippen LogP contribution < -0.4 is 5.32 Å². The number of aliphatic hydroxyl groups is 1. The van der Waals surface area contributed by atoms with E-state index in [4.69, 9.17) is 10.2 Å². The minimum atomic E-state index is -1.15. The van der Waals surface area contributed by atoms with Gasteiger partial charge in [-0.1, -0.05) is 0 Å². The maximum Gasteiger partial charge on any atom is 0.315 e. The number of carbonyl (C=O) groups excluding carboxylic acids is 1. The first kappa shape index (κ1) is 12.9. The van der Waals surface area contributed by atoms with Gasteiger partial charge in [0.05, 0.1) is 6.10 Å². The highest BCUT2D eigenvalue weighted by Gasteiger charge is 2.21. The first-order valence-electron chi connectivity index (χ1n) is 4.55. The molecule has 0 aromatic carbocycles. The number of hydrogen-bond donors (Lipinski definition) is 3. The van der Waals surface area contributed by atoms with Crippen molar-refractivity contribution in [3.8, 4) is 0 Å². The maximum atomic E-state index is 11.2. The summed E-state index contributed by atoms with van der Waals surface area (Å²) in [5.41, 5.74) is 0. The van der Waals surface area contributed by atoms with Crippen molar-refractivity contribution in [2.45, 2.75) is 39.3 Å². The molecule has 0 saturated carbocycles. The topological polar surface area (TPSA) is 86.6 Å². The van der Waals surface area contributed by atoms with Crippen molar-refractivity contribution in [1.29, 1.82) is 0 Å². The van der Waals surface area contributed by atoms with E-state index in [0.29, 0.717) is 6.42 Å². The SMILES string of the molecule is CC(O)CC(C)NC(=O)C(C)C(=O)O. The number of rotatable bonds is 5. The number of carboxylic acids is 1. The van der Waals surface area contributed by atoms with E-state index in [-0.39, 0.29) is 6.04 Å². The molecule has 0 saturated heterocycles. The van der Waals surface area contributed by atoms with Crippen LogP contribution in [0.1, 0.15) is 27.2 Å². The fourth-order valence-corrected chi connectivity index (χ4v) is 1.05. The molecule has 0 rings (SSSR count). The van der Waals surface area contributed by atoms with Crippen LogP contribution in [0.2, 0.25) is 0 Å². The summed E-state index contributed by atoms with van der Waals surface area (Å²) in [7, 11) is 0. The molecule has 0 fully saturated rings. The quantitative estimate of drug-likeness (QED) is 0.548. The van der Waals surface area contributed by atoms with E-state index in [1.54, 1.807) is 13.8 Å². The van der Waals surface area contributed by atoms with Gasteiger partial charge in [-0.05, 0) is 27.2 Å². The van der Waals surface area contributed by atoms with Gasteiger partial charge in [-0.15, -0.1) is 0 Å². The van der Waals surface area contributed by atoms with Crippen molar-refractivity contribution in [1.82, 2.24) is 5.32 Å². The Morgan fingerprint density at radius 1 is 1.29 bits per heavy atom. The molecule has 0 radical (unpaired) electrons. The molecule has 3 unspecified atom stereocenters. The van der Waals surface area contributed by atoms with Crippen molar-refractivity contribution in [3.63, 3.8) is 0 Å². The van der Waals surface area contributed by atoms with Crippen LogP contribution in [-0.2, 0) is 9.59 Å². The van der Waals surface area contributed by atoms with E-state index in [2.05, 4.69) is 5.32 Å². The van der Waals surface area contributed by atoms with Crippen molar-refractivity contribution >= 4 is 11.9 Å². The number of aliphatic carboxylic acids is 1. The lowest BCUT2D eigenvalue weighted by Crippen LogP contribution is -2.40. The number of nitrogens with one attached hydrogen (secondary N) is 1.